The van der Waals surface area contributed by atoms with Crippen molar-refractivity contribution in [3.8, 4) is 11.1 Å². The van der Waals surface area contributed by atoms with Gasteiger partial charge < -0.3 is 25.6 Å². The van der Waals surface area contributed by atoms with Gasteiger partial charge in [-0.3, -0.25) is 9.59 Å². The summed E-state index contributed by atoms with van der Waals surface area (Å²) < 4.78 is 30.9. The number of rotatable bonds is 11. The zero-order valence-corrected chi connectivity index (χ0v) is 23.0. The van der Waals surface area contributed by atoms with Gasteiger partial charge >= 0.3 is 0 Å². The first-order valence-electron chi connectivity index (χ1n) is 13.1. The minimum atomic E-state index is -0.691. The van der Waals surface area contributed by atoms with Crippen LogP contribution in [0.25, 0.3) is 11.1 Å². The molecule has 4 N–H and O–H groups in total. The lowest BCUT2D eigenvalue weighted by molar-refractivity contribution is -0.139. The molecule has 3 rings (SSSR count). The molecule has 2 amide bonds. The van der Waals surface area contributed by atoms with Crippen LogP contribution in [0.1, 0.15) is 51.4 Å². The molecule has 0 saturated heterocycles. The van der Waals surface area contributed by atoms with E-state index in [1.54, 1.807) is 24.1 Å². The first-order chi connectivity index (χ1) is 18.4. The first-order valence-corrected chi connectivity index (χ1v) is 13.1. The molecule has 1 heterocycles. The Balaban J connectivity index is 2.08. The van der Waals surface area contributed by atoms with E-state index >= 15 is 0 Å². The van der Waals surface area contributed by atoms with Crippen molar-refractivity contribution >= 4 is 11.8 Å². The van der Waals surface area contributed by atoms with Crippen LogP contribution in [0.15, 0.2) is 60.8 Å². The quantitative estimate of drug-likeness (QED) is 0.317. The van der Waals surface area contributed by atoms with E-state index < -0.39 is 41.6 Å². The van der Waals surface area contributed by atoms with E-state index in [-0.39, 0.29) is 18.0 Å². The van der Waals surface area contributed by atoms with E-state index in [1.807, 2.05) is 55.7 Å². The molecule has 7 nitrogen and oxygen atoms in total. The van der Waals surface area contributed by atoms with Crippen molar-refractivity contribution in [2.24, 2.45) is 11.1 Å². The first kappa shape index (κ1) is 30.0. The highest BCUT2D eigenvalue weighted by Gasteiger charge is 2.37. The molecule has 3 aromatic rings. The van der Waals surface area contributed by atoms with Gasteiger partial charge in [0.1, 0.15) is 18.2 Å². The van der Waals surface area contributed by atoms with Gasteiger partial charge in [0.05, 0.1) is 12.1 Å². The van der Waals surface area contributed by atoms with Crippen LogP contribution in [0, 0.1) is 17.0 Å². The summed E-state index contributed by atoms with van der Waals surface area (Å²) in [5.41, 5.74) is 7.41. The number of halogens is 2. The Morgan fingerprint density at radius 3 is 2.41 bits per heavy atom. The summed E-state index contributed by atoms with van der Waals surface area (Å²) in [6.07, 6.45) is 2.20. The molecule has 0 bridgehead atoms. The molecule has 2 atom stereocenters. The van der Waals surface area contributed by atoms with Gasteiger partial charge in [-0.2, -0.15) is 0 Å². The maximum Gasteiger partial charge on any atom is 0.248 e. The van der Waals surface area contributed by atoms with Crippen LogP contribution in [0.2, 0.25) is 0 Å². The summed E-state index contributed by atoms with van der Waals surface area (Å²) in [6.45, 7) is 7.83. The van der Waals surface area contributed by atoms with Gasteiger partial charge in [-0.25, -0.2) is 8.78 Å². The van der Waals surface area contributed by atoms with Gasteiger partial charge in [-0.1, -0.05) is 51.1 Å². The lowest BCUT2D eigenvalue weighted by Gasteiger charge is -2.41. The molecule has 0 unspecified atom stereocenters. The molecule has 0 spiro atoms. The summed E-state index contributed by atoms with van der Waals surface area (Å²) in [4.78, 5) is 26.6. The highest BCUT2D eigenvalue weighted by atomic mass is 19.1. The van der Waals surface area contributed by atoms with Crippen LogP contribution >= 0.6 is 0 Å². The number of hydrogen-bond donors (Lipinski definition) is 3. The largest absolute Gasteiger partial charge is 0.387 e. The average molecular weight is 541 g/mol. The van der Waals surface area contributed by atoms with Gasteiger partial charge in [0.15, 0.2) is 0 Å². The van der Waals surface area contributed by atoms with Gasteiger partial charge in [0.25, 0.3) is 0 Å². The second-order valence-electron chi connectivity index (χ2n) is 10.8. The van der Waals surface area contributed by atoms with Gasteiger partial charge in [-0.05, 0) is 48.6 Å². The zero-order valence-electron chi connectivity index (χ0n) is 23.0. The van der Waals surface area contributed by atoms with Crippen LogP contribution in [-0.4, -0.2) is 52.1 Å². The normalized spacial score (nSPS) is 13.1. The van der Waals surface area contributed by atoms with E-state index in [9.17, 15) is 23.5 Å². The highest BCUT2D eigenvalue weighted by Crippen LogP contribution is 2.41. The molecule has 210 valence electrons. The molecule has 0 aliphatic carbocycles. The molecule has 1 aromatic heterocycles. The molecule has 39 heavy (non-hydrogen) atoms. The van der Waals surface area contributed by atoms with Gasteiger partial charge in [0.2, 0.25) is 11.8 Å². The number of benzene rings is 2. The van der Waals surface area contributed by atoms with E-state index in [0.29, 0.717) is 30.8 Å². The van der Waals surface area contributed by atoms with Crippen molar-refractivity contribution in [2.45, 2.75) is 52.7 Å². The number of carbonyl (C=O) groups is 2. The summed E-state index contributed by atoms with van der Waals surface area (Å²) in [5.74, 6) is -1.87. The molecular formula is C30H38F2N4O3. The number of amides is 2. The van der Waals surface area contributed by atoms with Crippen LogP contribution in [0.4, 0.5) is 8.78 Å². The SMILES string of the molecule is C[C@H](N)C(=O)NCCCN(C(=O)CO)[C@@H](c1cc(-c2cc(F)ccc2F)cn1Cc1ccccc1)C(C)(C)C. The van der Waals surface area contributed by atoms with Crippen molar-refractivity contribution in [3.05, 3.63) is 83.7 Å². The fourth-order valence-corrected chi connectivity index (χ4v) is 4.72. The number of nitrogens with one attached hydrogen (secondary N) is 1. The van der Waals surface area contributed by atoms with E-state index in [0.717, 1.165) is 23.8 Å². The Kier molecular flexibility index (Phi) is 9.99. The lowest BCUT2D eigenvalue weighted by atomic mass is 9.83. The van der Waals surface area contributed by atoms with Gasteiger partial charge in [-0.15, -0.1) is 0 Å². The fraction of sp³-hybridized carbons (Fsp3) is 0.400. The Bertz CT molecular complexity index is 1270. The summed E-state index contributed by atoms with van der Waals surface area (Å²) in [5, 5.41) is 12.6. The Morgan fingerprint density at radius 1 is 1.10 bits per heavy atom. The molecule has 0 saturated carbocycles. The summed E-state index contributed by atoms with van der Waals surface area (Å²) in [7, 11) is 0. The number of aliphatic hydroxyl groups is 1. The molecule has 0 fully saturated rings. The second kappa shape index (κ2) is 13.0. The van der Waals surface area contributed by atoms with Crippen molar-refractivity contribution in [1.29, 1.82) is 0 Å². The predicted molar refractivity (Wildman–Crippen MR) is 148 cm³/mol. The highest BCUT2D eigenvalue weighted by molar-refractivity contribution is 5.81. The molecule has 0 radical (unpaired) electrons. The standard InChI is InChI=1S/C30H38F2N4O3/c1-20(33)29(39)34-13-8-14-36(27(38)19-37)28(30(2,3)4)26-15-22(24-16-23(31)11-12-25(24)32)18-35(26)17-21-9-6-5-7-10-21/h5-7,9-12,15-16,18,20,28,37H,8,13-14,17,19,33H2,1-4H3,(H,34,39)/t20-,28-/m0/s1. The fourth-order valence-electron chi connectivity index (χ4n) is 4.72. The maximum absolute atomic E-state index is 14.8. The molecule has 2 aromatic carbocycles. The summed E-state index contributed by atoms with van der Waals surface area (Å²) in [6, 6.07) is 13.6. The van der Waals surface area contributed by atoms with Crippen LogP contribution in [0.5, 0.6) is 0 Å². The number of nitrogens with zero attached hydrogens (tertiary/aromatic N) is 2. The van der Waals surface area contributed by atoms with Crippen LogP contribution in [0.3, 0.4) is 0 Å². The smallest absolute Gasteiger partial charge is 0.248 e. The van der Waals surface area contributed by atoms with Crippen molar-refractivity contribution in [3.63, 3.8) is 0 Å². The minimum absolute atomic E-state index is 0.120. The van der Waals surface area contributed by atoms with Crippen molar-refractivity contribution in [2.75, 3.05) is 19.7 Å². The average Bonchev–Trinajstić information content (AvgIpc) is 3.28. The maximum atomic E-state index is 14.8. The molecule has 0 aliphatic heterocycles. The number of aromatic nitrogens is 1. The minimum Gasteiger partial charge on any atom is -0.387 e. The molecule has 0 aliphatic rings. The topological polar surface area (TPSA) is 101 Å². The Hall–Kier alpha value is -3.56. The Morgan fingerprint density at radius 2 is 1.79 bits per heavy atom. The van der Waals surface area contributed by atoms with E-state index in [1.165, 1.54) is 0 Å². The summed E-state index contributed by atoms with van der Waals surface area (Å²) >= 11 is 0. The molecule has 9 heteroatoms. The van der Waals surface area contributed by atoms with Crippen molar-refractivity contribution < 1.29 is 23.5 Å². The monoisotopic (exact) mass is 540 g/mol. The van der Waals surface area contributed by atoms with E-state index in [4.69, 9.17) is 5.73 Å². The van der Waals surface area contributed by atoms with E-state index in [2.05, 4.69) is 5.32 Å². The third kappa shape index (κ3) is 7.74. The number of carbonyl (C=O) groups excluding carboxylic acids is 2. The van der Waals surface area contributed by atoms with Crippen molar-refractivity contribution in [1.82, 2.24) is 14.8 Å². The number of hydrogen-bond acceptors (Lipinski definition) is 4. The lowest BCUT2D eigenvalue weighted by Crippen LogP contribution is -2.45. The van der Waals surface area contributed by atoms with Crippen LogP contribution in [-0.2, 0) is 16.1 Å². The predicted octanol–water partition coefficient (Wildman–Crippen LogP) is 4.24. The number of nitrogens with two attached hydrogens (primary N) is 1. The van der Waals surface area contributed by atoms with Crippen LogP contribution < -0.4 is 11.1 Å². The molecular weight excluding hydrogens is 502 g/mol. The van der Waals surface area contributed by atoms with Gasteiger partial charge in [0, 0.05) is 42.7 Å². The Labute approximate surface area is 228 Å². The third-order valence-electron chi connectivity index (χ3n) is 6.52. The number of aliphatic hydroxyl groups excluding tert-OH is 1. The second-order valence-corrected chi connectivity index (χ2v) is 10.8. The zero-order chi connectivity index (χ0) is 28.7. The third-order valence-corrected chi connectivity index (χ3v) is 6.52.